The summed E-state index contributed by atoms with van der Waals surface area (Å²) in [6, 6.07) is 0. The number of rotatable bonds is 25. The molecule has 0 saturated heterocycles. The standard InChI is InChI=1S/C17H34O2.C14H30O/c1-4-5-6-7-8-9-10-11-12-13-14-15-17(18)19-16(2)3;1-2-3-4-5-6-7-8-9-10-11-12-13-14-15/h16H,4-15H2,1-3H3;15H,2-14H2,1H3. The van der Waals surface area contributed by atoms with Crippen molar-refractivity contribution in [2.45, 2.75) is 188 Å². The smallest absolute Gasteiger partial charge is 0.306 e. The third kappa shape index (κ3) is 36.0. The predicted octanol–water partition coefficient (Wildman–Crippen LogP) is 10.3. The zero-order chi connectivity index (χ0) is 25.5. The van der Waals surface area contributed by atoms with Gasteiger partial charge in [-0.2, -0.15) is 0 Å². The van der Waals surface area contributed by atoms with Gasteiger partial charge >= 0.3 is 5.97 Å². The minimum Gasteiger partial charge on any atom is -0.463 e. The van der Waals surface area contributed by atoms with Crippen LogP contribution in [0, 0.1) is 0 Å². The average molecular weight is 485 g/mol. The van der Waals surface area contributed by atoms with Crippen LogP contribution in [0.4, 0.5) is 0 Å². The maximum absolute atomic E-state index is 11.3. The molecule has 0 saturated carbocycles. The van der Waals surface area contributed by atoms with Crippen molar-refractivity contribution in [2.75, 3.05) is 6.61 Å². The van der Waals surface area contributed by atoms with Gasteiger partial charge in [-0.3, -0.25) is 4.79 Å². The molecule has 1 N–H and O–H groups in total. The Morgan fingerprint density at radius 3 is 1.12 bits per heavy atom. The van der Waals surface area contributed by atoms with Crippen LogP contribution in [0.1, 0.15) is 182 Å². The highest BCUT2D eigenvalue weighted by atomic mass is 16.5. The van der Waals surface area contributed by atoms with E-state index in [2.05, 4.69) is 13.8 Å². The highest BCUT2D eigenvalue weighted by Crippen LogP contribution is 2.13. The molecule has 206 valence electrons. The predicted molar refractivity (Wildman–Crippen MR) is 150 cm³/mol. The van der Waals surface area contributed by atoms with E-state index in [0.29, 0.717) is 13.0 Å². The maximum Gasteiger partial charge on any atom is 0.306 e. The fraction of sp³-hybridized carbons (Fsp3) is 0.968. The van der Waals surface area contributed by atoms with Crippen molar-refractivity contribution in [1.82, 2.24) is 0 Å². The Balaban J connectivity index is 0. The molecule has 0 atom stereocenters. The molecular weight excluding hydrogens is 420 g/mol. The van der Waals surface area contributed by atoms with Crippen LogP contribution in [0.2, 0.25) is 0 Å². The van der Waals surface area contributed by atoms with Crippen molar-refractivity contribution in [2.24, 2.45) is 0 Å². The number of carbonyl (C=O) groups excluding carboxylic acids is 1. The Kier molecular flexibility index (Phi) is 33.9. The molecule has 34 heavy (non-hydrogen) atoms. The summed E-state index contributed by atoms with van der Waals surface area (Å²) < 4.78 is 5.10. The number of aliphatic hydroxyl groups is 1. The molecule has 3 nitrogen and oxygen atoms in total. The Morgan fingerprint density at radius 2 is 0.824 bits per heavy atom. The summed E-state index contributed by atoms with van der Waals surface area (Å²) in [6.45, 7) is 8.71. The highest BCUT2D eigenvalue weighted by molar-refractivity contribution is 5.69. The van der Waals surface area contributed by atoms with Gasteiger partial charge in [-0.15, -0.1) is 0 Å². The van der Waals surface area contributed by atoms with E-state index in [9.17, 15) is 4.79 Å². The van der Waals surface area contributed by atoms with Crippen molar-refractivity contribution < 1.29 is 14.6 Å². The molecule has 0 fully saturated rings. The number of unbranched alkanes of at least 4 members (excludes halogenated alkanes) is 21. The topological polar surface area (TPSA) is 46.5 Å². The molecule has 0 aliphatic rings. The minimum atomic E-state index is -0.0362. The fourth-order valence-electron chi connectivity index (χ4n) is 4.21. The van der Waals surface area contributed by atoms with Crippen LogP contribution in [-0.2, 0) is 9.53 Å². The van der Waals surface area contributed by atoms with E-state index >= 15 is 0 Å². The first kappa shape index (κ1) is 35.6. The summed E-state index contributed by atoms with van der Waals surface area (Å²) in [5, 5.41) is 8.61. The van der Waals surface area contributed by atoms with E-state index in [1.54, 1.807) is 0 Å². The quantitative estimate of drug-likeness (QED) is 0.103. The summed E-state index contributed by atoms with van der Waals surface area (Å²) in [6.07, 6.45) is 31.3. The van der Waals surface area contributed by atoms with E-state index in [-0.39, 0.29) is 12.1 Å². The van der Waals surface area contributed by atoms with Crippen molar-refractivity contribution in [3.05, 3.63) is 0 Å². The Morgan fingerprint density at radius 1 is 0.529 bits per heavy atom. The van der Waals surface area contributed by atoms with E-state index in [4.69, 9.17) is 9.84 Å². The lowest BCUT2D eigenvalue weighted by Gasteiger charge is -2.07. The molecule has 0 spiro atoms. The Bertz CT molecular complexity index is 356. The first-order chi connectivity index (χ1) is 16.6. The van der Waals surface area contributed by atoms with Gasteiger partial charge in [0.15, 0.2) is 0 Å². The van der Waals surface area contributed by atoms with Gasteiger partial charge in [0.05, 0.1) is 6.10 Å². The van der Waals surface area contributed by atoms with E-state index in [0.717, 1.165) is 12.8 Å². The molecule has 0 heterocycles. The molecule has 0 aromatic rings. The molecule has 0 amide bonds. The first-order valence-electron chi connectivity index (χ1n) is 15.4. The van der Waals surface area contributed by atoms with Gasteiger partial charge in [-0.1, -0.05) is 149 Å². The molecule has 0 aromatic carbocycles. The summed E-state index contributed by atoms with van der Waals surface area (Å²) in [5.41, 5.74) is 0. The number of carbonyl (C=O) groups is 1. The molecule has 0 aliphatic heterocycles. The molecule has 0 radical (unpaired) electrons. The lowest BCUT2D eigenvalue weighted by atomic mass is 10.1. The van der Waals surface area contributed by atoms with Gasteiger partial charge < -0.3 is 9.84 Å². The number of aliphatic hydroxyl groups excluding tert-OH is 1. The van der Waals surface area contributed by atoms with Gasteiger partial charge in [-0.25, -0.2) is 0 Å². The van der Waals surface area contributed by atoms with E-state index < -0.39 is 0 Å². The van der Waals surface area contributed by atoms with Crippen LogP contribution >= 0.6 is 0 Å². The average Bonchev–Trinajstić information content (AvgIpc) is 2.81. The largest absolute Gasteiger partial charge is 0.463 e. The molecule has 0 bridgehead atoms. The van der Waals surface area contributed by atoms with Crippen LogP contribution in [0.5, 0.6) is 0 Å². The summed E-state index contributed by atoms with van der Waals surface area (Å²) in [5.74, 6) is -0.0362. The van der Waals surface area contributed by atoms with E-state index in [1.165, 1.54) is 135 Å². The summed E-state index contributed by atoms with van der Waals surface area (Å²) in [7, 11) is 0. The molecule has 3 heteroatoms. The van der Waals surface area contributed by atoms with Crippen LogP contribution < -0.4 is 0 Å². The Hall–Kier alpha value is -0.570. The lowest BCUT2D eigenvalue weighted by molar-refractivity contribution is -0.147. The van der Waals surface area contributed by atoms with Crippen LogP contribution in [0.3, 0.4) is 0 Å². The SMILES string of the molecule is CCCCCCCCCCCCCC(=O)OC(C)C.CCCCCCCCCCCCCCO. The molecule has 0 unspecified atom stereocenters. The maximum atomic E-state index is 11.3. The van der Waals surface area contributed by atoms with Crippen LogP contribution in [0.15, 0.2) is 0 Å². The number of hydrogen-bond donors (Lipinski definition) is 1. The monoisotopic (exact) mass is 484 g/mol. The lowest BCUT2D eigenvalue weighted by Crippen LogP contribution is -2.10. The summed E-state index contributed by atoms with van der Waals surface area (Å²) >= 11 is 0. The van der Waals surface area contributed by atoms with Crippen LogP contribution in [0.25, 0.3) is 0 Å². The fourth-order valence-corrected chi connectivity index (χ4v) is 4.21. The third-order valence-electron chi connectivity index (χ3n) is 6.36. The first-order valence-corrected chi connectivity index (χ1v) is 15.4. The van der Waals surface area contributed by atoms with Crippen LogP contribution in [-0.4, -0.2) is 23.8 Å². The zero-order valence-corrected chi connectivity index (χ0v) is 24.0. The van der Waals surface area contributed by atoms with Gasteiger partial charge in [0.25, 0.3) is 0 Å². The van der Waals surface area contributed by atoms with Gasteiger partial charge in [0, 0.05) is 13.0 Å². The summed E-state index contributed by atoms with van der Waals surface area (Å²) in [4.78, 5) is 11.3. The number of esters is 1. The van der Waals surface area contributed by atoms with Gasteiger partial charge in [0.1, 0.15) is 0 Å². The van der Waals surface area contributed by atoms with Crippen molar-refractivity contribution in [3.8, 4) is 0 Å². The molecule has 0 aromatic heterocycles. The molecular formula is C31H64O3. The third-order valence-corrected chi connectivity index (χ3v) is 6.36. The number of ether oxygens (including phenoxy) is 1. The van der Waals surface area contributed by atoms with Crippen molar-refractivity contribution >= 4 is 5.97 Å². The van der Waals surface area contributed by atoms with Crippen molar-refractivity contribution in [1.29, 1.82) is 0 Å². The second-order valence-electron chi connectivity index (χ2n) is 10.4. The van der Waals surface area contributed by atoms with E-state index in [1.807, 2.05) is 13.8 Å². The normalized spacial score (nSPS) is 10.9. The van der Waals surface area contributed by atoms with Gasteiger partial charge in [-0.05, 0) is 26.7 Å². The second-order valence-corrected chi connectivity index (χ2v) is 10.4. The minimum absolute atomic E-state index is 0.0280. The second kappa shape index (κ2) is 32.4. The molecule has 0 aliphatic carbocycles. The highest BCUT2D eigenvalue weighted by Gasteiger charge is 2.04. The molecule has 0 rings (SSSR count). The Labute approximate surface area is 215 Å². The van der Waals surface area contributed by atoms with Gasteiger partial charge in [0.2, 0.25) is 0 Å². The van der Waals surface area contributed by atoms with Crippen molar-refractivity contribution in [3.63, 3.8) is 0 Å². The number of hydrogen-bond acceptors (Lipinski definition) is 3. The zero-order valence-electron chi connectivity index (χ0n) is 24.0.